The fraction of sp³-hybridized carbons (Fsp3) is 0.259. The molecule has 0 aliphatic heterocycles. The van der Waals surface area contributed by atoms with Crippen LogP contribution < -0.4 is 56.8 Å². The first-order chi connectivity index (χ1) is 69.3. The summed E-state index contributed by atoms with van der Waals surface area (Å²) >= 11 is 0. The maximum Gasteiger partial charge on any atom is 0.514 e. The summed E-state index contributed by atoms with van der Waals surface area (Å²) < 4.78 is 234. The van der Waals surface area contributed by atoms with E-state index in [9.17, 15) is 69.7 Å². The third-order valence-corrected chi connectivity index (χ3v) is 29.3. The summed E-state index contributed by atoms with van der Waals surface area (Å²) in [7, 11) is -18.9. The third-order valence-electron chi connectivity index (χ3n) is 18.6. The molecule has 148 heavy (non-hydrogen) atoms. The topological polar surface area (TPSA) is 461 Å². The van der Waals surface area contributed by atoms with Crippen LogP contribution in [0.3, 0.4) is 0 Å². The minimum atomic E-state index is -3.83. The fourth-order valence-electron chi connectivity index (χ4n) is 11.9. The van der Waals surface area contributed by atoms with Gasteiger partial charge in [0.1, 0.15) is 105 Å². The maximum atomic E-state index is 12.8. The van der Waals surface area contributed by atoms with Crippen LogP contribution in [0, 0.1) is 0 Å². The van der Waals surface area contributed by atoms with Crippen LogP contribution in [0.4, 0.5) is 9.59 Å². The molecule has 0 amide bonds. The summed E-state index contributed by atoms with van der Waals surface area (Å²) in [4.78, 5) is 46.8. The van der Waals surface area contributed by atoms with E-state index in [0.717, 1.165) is 0 Å². The lowest BCUT2D eigenvalue weighted by Gasteiger charge is -2.21. The SMILES string of the molecule is C=COc1ccc(S(=O)(=O)c2ccc(OC=C)cc2)cc1.CC(=O)Oc1ccc(S(=O)(=O)c2ccc(OC(C)=O)cc2)cc1.CC(C)(C)OC(=O)Oc1ccc(S(=O)(=O)c2ccc(OC(=O)OC(C)(C)C)cc2)cc1.CC(C)(C)Oc1ccc(S(=O)(=O)c2ccc(OC(C)(C)C)cc2)cc1.COC(C)Oc1ccc(S(=O)(=O)c2ccc(OC(C)OC)cc2)cc1.O=S(=O)(c1ccc(OCCO)cc1)c1ccc(OCCO)cc1. The number of benzene rings is 12. The second-order valence-electron chi connectivity index (χ2n) is 35.0. The Kier molecular flexibility index (Phi) is 44.2. The molecule has 0 saturated heterocycles. The van der Waals surface area contributed by atoms with E-state index in [1.807, 2.05) is 41.5 Å². The van der Waals surface area contributed by atoms with Gasteiger partial charge in [-0.1, -0.05) is 13.2 Å². The highest BCUT2D eigenvalue weighted by molar-refractivity contribution is 7.93. The molecule has 0 heterocycles. The van der Waals surface area contributed by atoms with Crippen LogP contribution in [-0.4, -0.2) is 161 Å². The van der Waals surface area contributed by atoms with Gasteiger partial charge in [-0.2, -0.15) is 0 Å². The smallest absolute Gasteiger partial charge is 0.491 e. The van der Waals surface area contributed by atoms with Crippen LogP contribution in [0.25, 0.3) is 0 Å². The van der Waals surface area contributed by atoms with Crippen molar-refractivity contribution in [2.75, 3.05) is 40.6 Å². The van der Waals surface area contributed by atoms with Gasteiger partial charge in [0, 0.05) is 28.1 Å². The molecule has 0 spiro atoms. The Morgan fingerprint density at radius 2 is 0.432 bits per heavy atom. The molecule has 0 aromatic heterocycles. The first-order valence-electron chi connectivity index (χ1n) is 45.0. The predicted octanol–water partition coefficient (Wildman–Crippen LogP) is 20.5. The number of aliphatic hydroxyl groups is 2. The van der Waals surface area contributed by atoms with Crippen molar-refractivity contribution in [1.82, 2.24) is 0 Å². The first kappa shape index (κ1) is 120. The summed E-state index contributed by atoms with van der Waals surface area (Å²) in [6.45, 7) is 34.9. The molecule has 0 saturated carbocycles. The number of hydrogen-bond donors (Lipinski definition) is 2. The van der Waals surface area contributed by atoms with Crippen molar-refractivity contribution in [3.63, 3.8) is 0 Å². The van der Waals surface area contributed by atoms with Crippen molar-refractivity contribution in [1.29, 1.82) is 0 Å². The average molecular weight is 2150 g/mol. The minimum Gasteiger partial charge on any atom is -0.491 e. The van der Waals surface area contributed by atoms with E-state index in [1.54, 1.807) is 177 Å². The molecule has 34 nitrogen and oxygen atoms in total. The van der Waals surface area contributed by atoms with Gasteiger partial charge >= 0.3 is 24.2 Å². The van der Waals surface area contributed by atoms with Gasteiger partial charge in [-0.05, 0) is 388 Å². The molecule has 0 aliphatic carbocycles. The lowest BCUT2D eigenvalue weighted by Crippen LogP contribution is -2.25. The second-order valence-corrected chi connectivity index (χ2v) is 46.7. The van der Waals surface area contributed by atoms with Crippen molar-refractivity contribution < 1.29 is 156 Å². The first-order valence-corrected chi connectivity index (χ1v) is 53.9. The highest BCUT2D eigenvalue weighted by atomic mass is 32.2. The number of hydrogen-bond acceptors (Lipinski definition) is 34. The van der Waals surface area contributed by atoms with E-state index < -0.39 is 107 Å². The fourth-order valence-corrected chi connectivity index (χ4v) is 19.5. The largest absolute Gasteiger partial charge is 0.514 e. The van der Waals surface area contributed by atoms with Gasteiger partial charge in [0.05, 0.1) is 84.5 Å². The molecule has 2 unspecified atom stereocenters. The Morgan fingerprint density at radius 3 is 0.595 bits per heavy atom. The summed E-state index contributed by atoms with van der Waals surface area (Å²) in [5.74, 6) is 4.24. The maximum absolute atomic E-state index is 12.8. The van der Waals surface area contributed by atoms with E-state index in [1.165, 1.54) is 210 Å². The summed E-state index contributed by atoms with van der Waals surface area (Å²) in [5, 5.41) is 17.4. The van der Waals surface area contributed by atoms with Gasteiger partial charge in [-0.3, -0.25) is 9.59 Å². The Hall–Kier alpha value is -14.5. The molecular formula is C108H120O34S6. The Balaban J connectivity index is 0.000000241. The Labute approximate surface area is 864 Å². The monoisotopic (exact) mass is 2150 g/mol. The van der Waals surface area contributed by atoms with E-state index in [-0.39, 0.29) is 119 Å². The normalized spacial score (nSPS) is 12.0. The predicted molar refractivity (Wildman–Crippen MR) is 548 cm³/mol. The summed E-state index contributed by atoms with van der Waals surface area (Å²) in [6.07, 6.45) is -0.0368. The zero-order valence-electron chi connectivity index (χ0n) is 84.7. The van der Waals surface area contributed by atoms with Gasteiger partial charge < -0.3 is 86.0 Å². The molecule has 0 radical (unpaired) electrons. The summed E-state index contributed by atoms with van der Waals surface area (Å²) in [5.41, 5.74) is -2.08. The standard InChI is InChI=1S/C22H26O8S.C20H26O4S.C18H22O6S.C16H14O6S.C16H18O6S.C16H14O4S/c1-21(2,3)29-19(23)27-15-7-11-17(12-8-15)31(25,26)18-13-9-16(10-14-18)28-20(24)30-22(4,5)6;1-19(2,3)23-15-7-11-17(12-8-15)25(21,22)18-13-9-16(10-14-18)24-20(4,5)6;1-13(21-3)23-15-5-9-17(10-6-15)25(19,20)18-11-7-16(8-12-18)24-14(2)22-4;1-11(17)21-13-3-7-15(8-4-13)23(19,20)16-9-5-14(6-10-16)22-12(2)18;17-9-11-21-13-1-5-15(6-2-13)23(19,20)16-7-3-14(4-8-16)22-12-10-18;1-3-19-13-5-9-15(10-6-13)21(17,18)16-11-7-14(8-12-16)20-4-2/h7-14H,1-6H3;7-14H,1-6H3;5-14H,1-4H3;3-10H,1-2H3;1-8,17-18H,9-12H2;3-12H,1-2H2. The van der Waals surface area contributed by atoms with Crippen LogP contribution in [0.15, 0.2) is 376 Å². The number of aliphatic hydroxyl groups excluding tert-OH is 2. The number of methoxy groups -OCH3 is 2. The van der Waals surface area contributed by atoms with Gasteiger partial charge in [-0.25, -0.2) is 60.1 Å². The molecule has 0 fully saturated rings. The molecule has 12 aromatic carbocycles. The molecule has 40 heteroatoms. The quantitative estimate of drug-likeness (QED) is 0.0124. The molecule has 12 aromatic rings. The van der Waals surface area contributed by atoms with Crippen LogP contribution in [0.1, 0.15) is 111 Å². The molecule has 12 rings (SSSR count). The number of rotatable bonds is 34. The van der Waals surface area contributed by atoms with Crippen molar-refractivity contribution in [3.05, 3.63) is 317 Å². The van der Waals surface area contributed by atoms with Crippen molar-refractivity contribution in [3.8, 4) is 69.0 Å². The van der Waals surface area contributed by atoms with Crippen LogP contribution >= 0.6 is 0 Å². The van der Waals surface area contributed by atoms with Gasteiger partial charge in [0.25, 0.3) is 0 Å². The Bertz CT molecular complexity index is 6690. The number of esters is 2. The van der Waals surface area contributed by atoms with Crippen LogP contribution in [-0.2, 0) is 87.6 Å². The van der Waals surface area contributed by atoms with Gasteiger partial charge in [-0.15, -0.1) is 0 Å². The average Bonchev–Trinajstić information content (AvgIpc) is 0.822. The molecule has 792 valence electrons. The van der Waals surface area contributed by atoms with Crippen LogP contribution in [0.5, 0.6) is 69.0 Å². The number of carbonyl (C=O) groups excluding carboxylic acids is 4. The van der Waals surface area contributed by atoms with Crippen molar-refractivity contribution in [2.24, 2.45) is 0 Å². The molecule has 2 N–H and O–H groups in total. The zero-order valence-corrected chi connectivity index (χ0v) is 89.6. The Morgan fingerprint density at radius 1 is 0.264 bits per heavy atom. The molecule has 2 atom stereocenters. The molecule has 0 bridgehead atoms. The number of sulfone groups is 6. The van der Waals surface area contributed by atoms with Crippen molar-refractivity contribution >= 4 is 83.3 Å². The lowest BCUT2D eigenvalue weighted by molar-refractivity contribution is -0.132. The van der Waals surface area contributed by atoms with E-state index >= 15 is 0 Å². The van der Waals surface area contributed by atoms with Crippen LogP contribution in [0.2, 0.25) is 0 Å². The van der Waals surface area contributed by atoms with Gasteiger partial charge in [0.2, 0.25) is 59.0 Å². The molecule has 0 aliphatic rings. The third kappa shape index (κ3) is 39.1. The van der Waals surface area contributed by atoms with Crippen molar-refractivity contribution in [2.45, 2.75) is 205 Å². The van der Waals surface area contributed by atoms with E-state index in [0.29, 0.717) is 46.0 Å². The number of carbonyl (C=O) groups is 4. The highest BCUT2D eigenvalue weighted by Gasteiger charge is 2.28. The minimum absolute atomic E-state index is 0.00449. The highest BCUT2D eigenvalue weighted by Crippen LogP contribution is 2.35. The lowest BCUT2D eigenvalue weighted by atomic mass is 10.2. The molecular weight excluding hydrogens is 2030 g/mol. The van der Waals surface area contributed by atoms with E-state index in [4.69, 9.17) is 86.0 Å². The zero-order chi connectivity index (χ0) is 110. The number of ether oxygens (including phenoxy) is 16. The van der Waals surface area contributed by atoms with Gasteiger partial charge in [0.15, 0.2) is 12.6 Å². The second kappa shape index (κ2) is 54.3. The summed E-state index contributed by atoms with van der Waals surface area (Å²) in [6, 6.07) is 71.4. The van der Waals surface area contributed by atoms with E-state index in [2.05, 4.69) is 13.2 Å².